The number of benzene rings is 1. The van der Waals surface area contributed by atoms with Crippen LogP contribution in [0.1, 0.15) is 5.56 Å². The van der Waals surface area contributed by atoms with Gasteiger partial charge in [0.2, 0.25) is 0 Å². The zero-order valence-corrected chi connectivity index (χ0v) is 15.2. The number of fused-ring (bicyclic) bond motifs is 1. The monoisotopic (exact) mass is 396 g/mol. The molecule has 0 unspecified atom stereocenters. The number of hydrogen-bond donors (Lipinski definition) is 1. The van der Waals surface area contributed by atoms with E-state index in [1.54, 1.807) is 43.8 Å². The molecule has 0 saturated carbocycles. The molecule has 3 aromatic heterocycles. The molecule has 4 rings (SSSR count). The summed E-state index contributed by atoms with van der Waals surface area (Å²) in [7, 11) is 1.60. The van der Waals surface area contributed by atoms with Crippen molar-refractivity contribution in [3.8, 4) is 11.3 Å². The van der Waals surface area contributed by atoms with Crippen molar-refractivity contribution in [2.45, 2.75) is 6.18 Å². The quantitative estimate of drug-likeness (QED) is 0.543. The summed E-state index contributed by atoms with van der Waals surface area (Å²) >= 11 is 0. The Bertz CT molecular complexity index is 1250. The lowest BCUT2D eigenvalue weighted by atomic mass is 10.1. The third-order valence-corrected chi connectivity index (χ3v) is 4.47. The van der Waals surface area contributed by atoms with Crippen LogP contribution in [0.3, 0.4) is 0 Å². The van der Waals surface area contributed by atoms with Gasteiger partial charge in [-0.3, -0.25) is 9.78 Å². The first-order valence-corrected chi connectivity index (χ1v) is 8.68. The fraction of sp³-hybridized carbons (Fsp3) is 0.0952. The molecule has 0 saturated heterocycles. The number of hydrogen-bond acceptors (Lipinski definition) is 4. The largest absolute Gasteiger partial charge is 0.416 e. The van der Waals surface area contributed by atoms with E-state index in [1.165, 1.54) is 16.7 Å². The SMILES string of the molecule is Cn1ccc2cc(-c3cccnc3)nc(Nc3cccc(C(F)(F)F)c3)c2c1=O. The molecule has 146 valence electrons. The van der Waals surface area contributed by atoms with E-state index in [9.17, 15) is 18.0 Å². The third-order valence-electron chi connectivity index (χ3n) is 4.47. The van der Waals surface area contributed by atoms with Gasteiger partial charge in [-0.1, -0.05) is 6.07 Å². The van der Waals surface area contributed by atoms with Gasteiger partial charge in [-0.2, -0.15) is 13.2 Å². The summed E-state index contributed by atoms with van der Waals surface area (Å²) in [5.74, 6) is 0.182. The maximum Gasteiger partial charge on any atom is 0.416 e. The maximum absolute atomic E-state index is 13.1. The lowest BCUT2D eigenvalue weighted by molar-refractivity contribution is -0.137. The normalized spacial score (nSPS) is 11.6. The van der Waals surface area contributed by atoms with Crippen molar-refractivity contribution < 1.29 is 13.2 Å². The lowest BCUT2D eigenvalue weighted by Gasteiger charge is -2.14. The zero-order valence-electron chi connectivity index (χ0n) is 15.2. The van der Waals surface area contributed by atoms with E-state index in [0.717, 1.165) is 17.7 Å². The Morgan fingerprint density at radius 3 is 2.62 bits per heavy atom. The summed E-state index contributed by atoms with van der Waals surface area (Å²) in [6, 6.07) is 11.9. The van der Waals surface area contributed by atoms with Crippen LogP contribution in [0.5, 0.6) is 0 Å². The van der Waals surface area contributed by atoms with Crippen LogP contribution in [0, 0.1) is 0 Å². The lowest BCUT2D eigenvalue weighted by Crippen LogP contribution is -2.17. The molecule has 0 atom stereocenters. The second-order valence-electron chi connectivity index (χ2n) is 6.50. The summed E-state index contributed by atoms with van der Waals surface area (Å²) in [5.41, 5.74) is 0.365. The first-order valence-electron chi connectivity index (χ1n) is 8.68. The Balaban J connectivity index is 1.90. The van der Waals surface area contributed by atoms with E-state index in [4.69, 9.17) is 0 Å². The number of nitrogens with zero attached hydrogens (tertiary/aromatic N) is 3. The molecule has 0 aliphatic heterocycles. The fourth-order valence-electron chi connectivity index (χ4n) is 3.02. The molecule has 8 heteroatoms. The number of aromatic nitrogens is 3. The summed E-state index contributed by atoms with van der Waals surface area (Å²) < 4.78 is 40.6. The smallest absolute Gasteiger partial charge is 0.340 e. The number of rotatable bonds is 3. The van der Waals surface area contributed by atoms with Gasteiger partial charge in [0, 0.05) is 36.9 Å². The minimum atomic E-state index is -4.47. The maximum atomic E-state index is 13.1. The molecule has 3 heterocycles. The highest BCUT2D eigenvalue weighted by Crippen LogP contribution is 2.32. The molecule has 0 aliphatic rings. The molecule has 4 aromatic rings. The Labute approximate surface area is 163 Å². The van der Waals surface area contributed by atoms with E-state index in [0.29, 0.717) is 16.5 Å². The Kier molecular flexibility index (Phi) is 4.54. The van der Waals surface area contributed by atoms with E-state index in [-0.39, 0.29) is 17.1 Å². The Morgan fingerprint density at radius 2 is 1.90 bits per heavy atom. The van der Waals surface area contributed by atoms with Gasteiger partial charge >= 0.3 is 6.18 Å². The van der Waals surface area contributed by atoms with Gasteiger partial charge in [-0.25, -0.2) is 4.98 Å². The first-order chi connectivity index (χ1) is 13.8. The van der Waals surface area contributed by atoms with Gasteiger partial charge in [-0.15, -0.1) is 0 Å². The van der Waals surface area contributed by atoms with E-state index >= 15 is 0 Å². The molecular weight excluding hydrogens is 381 g/mol. The fourth-order valence-corrected chi connectivity index (χ4v) is 3.02. The van der Waals surface area contributed by atoms with Crippen LogP contribution in [0.25, 0.3) is 22.0 Å². The number of anilines is 2. The third kappa shape index (κ3) is 3.69. The van der Waals surface area contributed by atoms with E-state index in [2.05, 4.69) is 15.3 Å². The predicted octanol–water partition coefficient (Wildman–Crippen LogP) is 4.76. The van der Waals surface area contributed by atoms with Crippen molar-refractivity contribution >= 4 is 22.3 Å². The number of pyridine rings is 3. The highest BCUT2D eigenvalue weighted by Gasteiger charge is 2.30. The van der Waals surface area contributed by atoms with Crippen molar-refractivity contribution in [1.82, 2.24) is 14.5 Å². The summed E-state index contributed by atoms with van der Waals surface area (Å²) in [4.78, 5) is 21.3. The van der Waals surface area contributed by atoms with Gasteiger partial charge in [0.1, 0.15) is 5.82 Å². The van der Waals surface area contributed by atoms with Crippen LogP contribution in [0.2, 0.25) is 0 Å². The van der Waals surface area contributed by atoms with Crippen molar-refractivity contribution in [1.29, 1.82) is 0 Å². The molecule has 1 N–H and O–H groups in total. The second-order valence-corrected chi connectivity index (χ2v) is 6.50. The molecule has 0 bridgehead atoms. The average Bonchev–Trinajstić information content (AvgIpc) is 2.71. The Morgan fingerprint density at radius 1 is 1.07 bits per heavy atom. The van der Waals surface area contributed by atoms with Crippen molar-refractivity contribution in [2.75, 3.05) is 5.32 Å². The van der Waals surface area contributed by atoms with E-state index < -0.39 is 11.7 Å². The molecular formula is C21H15F3N4O. The van der Waals surface area contributed by atoms with Crippen molar-refractivity contribution in [3.63, 3.8) is 0 Å². The number of halogens is 3. The predicted molar refractivity (Wildman–Crippen MR) is 105 cm³/mol. The first kappa shape index (κ1) is 18.7. The minimum Gasteiger partial charge on any atom is -0.340 e. The van der Waals surface area contributed by atoms with Gasteiger partial charge in [0.05, 0.1) is 16.6 Å². The zero-order chi connectivity index (χ0) is 20.6. The number of alkyl halides is 3. The van der Waals surface area contributed by atoms with Gasteiger partial charge < -0.3 is 9.88 Å². The summed E-state index contributed by atoms with van der Waals surface area (Å²) in [6.45, 7) is 0. The molecule has 0 spiro atoms. The molecule has 0 radical (unpaired) electrons. The van der Waals surface area contributed by atoms with Gasteiger partial charge in [0.25, 0.3) is 5.56 Å². The van der Waals surface area contributed by atoms with Crippen LogP contribution in [-0.4, -0.2) is 14.5 Å². The minimum absolute atomic E-state index is 0.182. The van der Waals surface area contributed by atoms with Gasteiger partial charge in [0.15, 0.2) is 0 Å². The number of aryl methyl sites for hydroxylation is 1. The van der Waals surface area contributed by atoms with Crippen molar-refractivity contribution in [2.24, 2.45) is 7.05 Å². The Hall–Kier alpha value is -3.68. The van der Waals surface area contributed by atoms with Crippen molar-refractivity contribution in [3.05, 3.63) is 83.0 Å². The van der Waals surface area contributed by atoms with Crippen LogP contribution in [0.15, 0.2) is 71.9 Å². The highest BCUT2D eigenvalue weighted by atomic mass is 19.4. The average molecular weight is 396 g/mol. The summed E-state index contributed by atoms with van der Waals surface area (Å²) in [6.07, 6.45) is 0.415. The van der Waals surface area contributed by atoms with Crippen LogP contribution >= 0.6 is 0 Å². The molecule has 29 heavy (non-hydrogen) atoms. The van der Waals surface area contributed by atoms with Crippen LogP contribution in [-0.2, 0) is 13.2 Å². The number of nitrogens with one attached hydrogen (secondary N) is 1. The molecule has 1 aromatic carbocycles. The molecule has 5 nitrogen and oxygen atoms in total. The summed E-state index contributed by atoms with van der Waals surface area (Å²) in [5, 5.41) is 3.81. The molecule has 0 aliphatic carbocycles. The van der Waals surface area contributed by atoms with Crippen LogP contribution < -0.4 is 10.9 Å². The topological polar surface area (TPSA) is 59.8 Å². The highest BCUT2D eigenvalue weighted by molar-refractivity contribution is 5.95. The van der Waals surface area contributed by atoms with Crippen LogP contribution in [0.4, 0.5) is 24.7 Å². The van der Waals surface area contributed by atoms with Gasteiger partial charge in [-0.05, 0) is 47.9 Å². The standard InChI is InChI=1S/C21H15F3N4O/c1-28-9-7-13-10-17(14-4-3-8-25-12-14)27-19(18(13)20(28)29)26-16-6-2-5-15(11-16)21(22,23)24/h2-12H,1H3,(H,26,27). The molecule has 0 amide bonds. The molecule has 0 fully saturated rings. The van der Waals surface area contributed by atoms with E-state index in [1.807, 2.05) is 6.07 Å². The second kappa shape index (κ2) is 7.05.